The molecule has 0 aliphatic heterocycles. The zero-order chi connectivity index (χ0) is 14.8. The molecule has 2 aromatic rings. The van der Waals surface area contributed by atoms with Gasteiger partial charge in [0.05, 0.1) is 22.0 Å². The van der Waals surface area contributed by atoms with Crippen LogP contribution in [0.3, 0.4) is 0 Å². The van der Waals surface area contributed by atoms with Crippen LogP contribution in [0.1, 0.15) is 27.9 Å². The molecule has 3 rings (SSSR count). The number of hydrazone groups is 1. The maximum Gasteiger partial charge on any atom is 0.335 e. The molecule has 1 aliphatic carbocycles. The van der Waals surface area contributed by atoms with E-state index in [0.717, 1.165) is 24.1 Å². The molecule has 2 N–H and O–H groups in total. The summed E-state index contributed by atoms with van der Waals surface area (Å²) in [4.78, 5) is 11.0. The van der Waals surface area contributed by atoms with Crippen LogP contribution >= 0.6 is 11.6 Å². The summed E-state index contributed by atoms with van der Waals surface area (Å²) in [5.41, 5.74) is 6.93. The maximum absolute atomic E-state index is 11.0. The normalized spacial score (nSPS) is 15.0. The van der Waals surface area contributed by atoms with E-state index >= 15 is 0 Å². The van der Waals surface area contributed by atoms with Gasteiger partial charge in [0, 0.05) is 5.56 Å². The average molecular weight is 301 g/mol. The Morgan fingerprint density at radius 1 is 1.19 bits per heavy atom. The van der Waals surface area contributed by atoms with Crippen LogP contribution in [-0.2, 0) is 6.42 Å². The van der Waals surface area contributed by atoms with Gasteiger partial charge in [-0.2, -0.15) is 5.10 Å². The quantitative estimate of drug-likeness (QED) is 0.848. The summed E-state index contributed by atoms with van der Waals surface area (Å²) in [6.45, 7) is 0. The number of hydrogen-bond acceptors (Lipinski definition) is 3. The Balaban J connectivity index is 1.87. The lowest BCUT2D eigenvalue weighted by molar-refractivity contribution is 0.0697. The van der Waals surface area contributed by atoms with Gasteiger partial charge in [0.2, 0.25) is 0 Å². The monoisotopic (exact) mass is 300 g/mol. The van der Waals surface area contributed by atoms with E-state index in [-0.39, 0.29) is 5.56 Å². The summed E-state index contributed by atoms with van der Waals surface area (Å²) >= 11 is 6.06. The SMILES string of the molecule is O=C(O)c1ccc(Cl)c(N/N=C2/CCc3ccccc32)c1. The van der Waals surface area contributed by atoms with E-state index in [1.165, 1.54) is 17.7 Å². The Labute approximate surface area is 127 Å². The fraction of sp³-hybridized carbons (Fsp3) is 0.125. The third-order valence-electron chi connectivity index (χ3n) is 3.48. The van der Waals surface area contributed by atoms with Gasteiger partial charge in [-0.15, -0.1) is 0 Å². The first-order valence-electron chi connectivity index (χ1n) is 6.59. The summed E-state index contributed by atoms with van der Waals surface area (Å²) < 4.78 is 0. The van der Waals surface area contributed by atoms with E-state index in [4.69, 9.17) is 16.7 Å². The molecule has 0 fully saturated rings. The van der Waals surface area contributed by atoms with Gasteiger partial charge in [-0.3, -0.25) is 5.43 Å². The number of fused-ring (bicyclic) bond motifs is 1. The van der Waals surface area contributed by atoms with Crippen LogP contribution in [0.4, 0.5) is 5.69 Å². The number of benzene rings is 2. The lowest BCUT2D eigenvalue weighted by Crippen LogP contribution is -2.02. The fourth-order valence-electron chi connectivity index (χ4n) is 2.40. The van der Waals surface area contributed by atoms with Crippen molar-refractivity contribution >= 4 is 29.0 Å². The number of aromatic carboxylic acids is 1. The van der Waals surface area contributed by atoms with Crippen LogP contribution in [-0.4, -0.2) is 16.8 Å². The van der Waals surface area contributed by atoms with Crippen molar-refractivity contribution in [1.29, 1.82) is 0 Å². The van der Waals surface area contributed by atoms with Gasteiger partial charge in [0.1, 0.15) is 0 Å². The molecule has 1 aliphatic rings. The zero-order valence-corrected chi connectivity index (χ0v) is 11.9. The Kier molecular flexibility index (Phi) is 3.62. The van der Waals surface area contributed by atoms with Crippen molar-refractivity contribution in [2.75, 3.05) is 5.43 Å². The summed E-state index contributed by atoms with van der Waals surface area (Å²) in [6, 6.07) is 12.6. The first-order valence-corrected chi connectivity index (χ1v) is 6.96. The highest BCUT2D eigenvalue weighted by Crippen LogP contribution is 2.25. The van der Waals surface area contributed by atoms with Crippen molar-refractivity contribution in [3.8, 4) is 0 Å². The van der Waals surface area contributed by atoms with Crippen molar-refractivity contribution in [3.63, 3.8) is 0 Å². The van der Waals surface area contributed by atoms with Crippen molar-refractivity contribution in [2.24, 2.45) is 5.10 Å². The molecule has 4 nitrogen and oxygen atoms in total. The van der Waals surface area contributed by atoms with E-state index in [2.05, 4.69) is 16.6 Å². The van der Waals surface area contributed by atoms with Crippen LogP contribution < -0.4 is 5.43 Å². The minimum atomic E-state index is -0.992. The molecule has 21 heavy (non-hydrogen) atoms. The minimum absolute atomic E-state index is 0.175. The Morgan fingerprint density at radius 3 is 2.81 bits per heavy atom. The van der Waals surface area contributed by atoms with E-state index < -0.39 is 5.97 Å². The number of carbonyl (C=O) groups is 1. The van der Waals surface area contributed by atoms with E-state index in [1.807, 2.05) is 18.2 Å². The summed E-state index contributed by atoms with van der Waals surface area (Å²) in [7, 11) is 0. The lowest BCUT2D eigenvalue weighted by Gasteiger charge is -2.06. The van der Waals surface area contributed by atoms with E-state index in [1.54, 1.807) is 6.07 Å². The Morgan fingerprint density at radius 2 is 2.00 bits per heavy atom. The van der Waals surface area contributed by atoms with Crippen LogP contribution in [0, 0.1) is 0 Å². The van der Waals surface area contributed by atoms with Gasteiger partial charge < -0.3 is 5.11 Å². The van der Waals surface area contributed by atoms with Crippen molar-refractivity contribution in [2.45, 2.75) is 12.8 Å². The Bertz CT molecular complexity index is 741. The second kappa shape index (κ2) is 5.58. The average Bonchev–Trinajstić information content (AvgIpc) is 2.89. The zero-order valence-electron chi connectivity index (χ0n) is 11.1. The number of nitrogens with zero attached hydrogens (tertiary/aromatic N) is 1. The second-order valence-corrected chi connectivity index (χ2v) is 5.23. The summed E-state index contributed by atoms with van der Waals surface area (Å²) in [6.07, 6.45) is 1.84. The third-order valence-corrected chi connectivity index (χ3v) is 3.81. The van der Waals surface area contributed by atoms with Crippen LogP contribution in [0.15, 0.2) is 47.6 Å². The molecule has 0 bridgehead atoms. The molecule has 0 saturated carbocycles. The van der Waals surface area contributed by atoms with Gasteiger partial charge >= 0.3 is 5.97 Å². The molecule has 0 radical (unpaired) electrons. The topological polar surface area (TPSA) is 61.7 Å². The molecule has 0 unspecified atom stereocenters. The summed E-state index contributed by atoms with van der Waals surface area (Å²) in [5.74, 6) is -0.992. The number of nitrogens with one attached hydrogen (secondary N) is 1. The van der Waals surface area contributed by atoms with Gasteiger partial charge in [-0.1, -0.05) is 35.9 Å². The molecule has 5 heteroatoms. The number of anilines is 1. The molecule has 106 valence electrons. The highest BCUT2D eigenvalue weighted by Gasteiger charge is 2.17. The van der Waals surface area contributed by atoms with Gasteiger partial charge in [0.25, 0.3) is 0 Å². The lowest BCUT2D eigenvalue weighted by atomic mass is 10.1. The molecule has 0 heterocycles. The van der Waals surface area contributed by atoms with Crippen molar-refractivity contribution < 1.29 is 9.90 Å². The second-order valence-electron chi connectivity index (χ2n) is 4.83. The van der Waals surface area contributed by atoms with Gasteiger partial charge in [-0.25, -0.2) is 4.79 Å². The van der Waals surface area contributed by atoms with Gasteiger partial charge in [-0.05, 0) is 36.6 Å². The summed E-state index contributed by atoms with van der Waals surface area (Å²) in [5, 5.41) is 13.8. The molecular formula is C16H13ClN2O2. The first-order chi connectivity index (χ1) is 10.1. The number of rotatable bonds is 3. The standard InChI is InChI=1S/C16H13ClN2O2/c17-13-7-5-11(16(20)21)9-15(13)19-18-14-8-6-10-3-1-2-4-12(10)14/h1-5,7,9,19H,6,8H2,(H,20,21)/b18-14-. The minimum Gasteiger partial charge on any atom is -0.478 e. The molecule has 0 spiro atoms. The number of aryl methyl sites for hydroxylation is 1. The van der Waals surface area contributed by atoms with E-state index in [9.17, 15) is 4.79 Å². The maximum atomic E-state index is 11.0. The van der Waals surface area contributed by atoms with E-state index in [0.29, 0.717) is 10.7 Å². The predicted octanol–water partition coefficient (Wildman–Crippen LogP) is 3.80. The molecule has 0 saturated heterocycles. The van der Waals surface area contributed by atoms with Crippen LogP contribution in [0.25, 0.3) is 0 Å². The van der Waals surface area contributed by atoms with Crippen LogP contribution in [0.2, 0.25) is 5.02 Å². The molecule has 0 atom stereocenters. The predicted molar refractivity (Wildman–Crippen MR) is 83.3 cm³/mol. The first kappa shape index (κ1) is 13.6. The number of halogens is 1. The van der Waals surface area contributed by atoms with Crippen molar-refractivity contribution in [3.05, 3.63) is 64.2 Å². The molecular weight excluding hydrogens is 288 g/mol. The number of hydrogen-bond donors (Lipinski definition) is 2. The smallest absolute Gasteiger partial charge is 0.335 e. The largest absolute Gasteiger partial charge is 0.478 e. The van der Waals surface area contributed by atoms with Crippen LogP contribution in [0.5, 0.6) is 0 Å². The number of carboxylic acids is 1. The Hall–Kier alpha value is -2.33. The molecule has 0 amide bonds. The fourth-order valence-corrected chi connectivity index (χ4v) is 2.56. The number of carboxylic acid groups (broad SMARTS) is 1. The van der Waals surface area contributed by atoms with Crippen molar-refractivity contribution in [1.82, 2.24) is 0 Å². The molecule has 2 aromatic carbocycles. The molecule has 0 aromatic heterocycles. The third kappa shape index (κ3) is 2.76. The van der Waals surface area contributed by atoms with Gasteiger partial charge in [0.15, 0.2) is 0 Å². The highest BCUT2D eigenvalue weighted by molar-refractivity contribution is 6.33. The highest BCUT2D eigenvalue weighted by atomic mass is 35.5.